The van der Waals surface area contributed by atoms with Crippen molar-refractivity contribution in [2.45, 2.75) is 50.6 Å². The number of hydrogen-bond acceptors (Lipinski definition) is 5. The van der Waals surface area contributed by atoms with Gasteiger partial charge in [-0.05, 0) is 31.0 Å². The fraction of sp³-hybridized carbons (Fsp3) is 0.529. The number of nitrogens with one attached hydrogen (secondary N) is 1. The molecule has 0 saturated carbocycles. The quantitative estimate of drug-likeness (QED) is 0.631. The topological polar surface area (TPSA) is 79.4 Å². The molecule has 0 aliphatic carbocycles. The molecule has 0 atom stereocenters. The van der Waals surface area contributed by atoms with E-state index < -0.39 is 22.1 Å². The fourth-order valence-corrected chi connectivity index (χ4v) is 4.98. The number of halogens is 3. The van der Waals surface area contributed by atoms with E-state index >= 15 is 0 Å². The first-order chi connectivity index (χ1) is 13.1. The Morgan fingerprint density at radius 1 is 1.18 bits per heavy atom. The highest BCUT2D eigenvalue weighted by molar-refractivity contribution is 7.89. The van der Waals surface area contributed by atoms with Gasteiger partial charge in [0.15, 0.2) is 5.13 Å². The van der Waals surface area contributed by atoms with Crippen LogP contribution in [0.4, 0.5) is 18.3 Å². The average Bonchev–Trinajstić information content (AvgIpc) is 3.02. The predicted octanol–water partition coefficient (Wildman–Crippen LogP) is 4.39. The van der Waals surface area contributed by atoms with Crippen molar-refractivity contribution in [1.82, 2.24) is 9.29 Å². The molecule has 11 heteroatoms. The normalized spacial score (nSPS) is 12.6. The summed E-state index contributed by atoms with van der Waals surface area (Å²) in [5.41, 5.74) is 0.315. The van der Waals surface area contributed by atoms with Gasteiger partial charge in [-0.15, -0.1) is 0 Å². The number of unbranched alkanes of at least 4 members (excludes halogenated alkanes) is 2. The number of nitrogens with zero attached hydrogens (tertiary/aromatic N) is 2. The number of carbonyl (C=O) groups is 1. The molecule has 0 unspecified atom stereocenters. The van der Waals surface area contributed by atoms with E-state index in [0.29, 0.717) is 23.3 Å². The third-order valence-corrected chi connectivity index (χ3v) is 6.83. The van der Waals surface area contributed by atoms with Gasteiger partial charge in [-0.25, -0.2) is 13.4 Å². The molecule has 0 aliphatic rings. The van der Waals surface area contributed by atoms with E-state index in [1.807, 2.05) is 13.8 Å². The Morgan fingerprint density at radius 3 is 2.32 bits per heavy atom. The zero-order valence-corrected chi connectivity index (χ0v) is 17.2. The lowest BCUT2D eigenvalue weighted by Crippen LogP contribution is -2.33. The maximum Gasteiger partial charge on any atom is 0.471 e. The Morgan fingerprint density at radius 2 is 1.79 bits per heavy atom. The van der Waals surface area contributed by atoms with Crippen molar-refractivity contribution in [3.63, 3.8) is 0 Å². The van der Waals surface area contributed by atoms with Crippen LogP contribution in [-0.2, 0) is 14.8 Å². The highest BCUT2D eigenvalue weighted by atomic mass is 32.2. The highest BCUT2D eigenvalue weighted by Gasteiger charge is 2.39. The number of thiazole rings is 1. The van der Waals surface area contributed by atoms with Crippen LogP contribution >= 0.6 is 11.3 Å². The molecule has 1 aromatic carbocycles. The van der Waals surface area contributed by atoms with Gasteiger partial charge < -0.3 is 0 Å². The minimum Gasteiger partial charge on any atom is -0.294 e. The van der Waals surface area contributed by atoms with E-state index in [-0.39, 0.29) is 10.0 Å². The Bertz CT molecular complexity index is 919. The molecule has 0 spiro atoms. The molecule has 1 N–H and O–H groups in total. The minimum absolute atomic E-state index is 0.0598. The number of aromatic nitrogens is 1. The number of carbonyl (C=O) groups excluding carboxylic acids is 1. The largest absolute Gasteiger partial charge is 0.471 e. The van der Waals surface area contributed by atoms with Gasteiger partial charge in [0, 0.05) is 13.1 Å². The molecule has 2 aromatic rings. The van der Waals surface area contributed by atoms with Gasteiger partial charge in [-0.3, -0.25) is 10.1 Å². The molecule has 0 fully saturated rings. The molecule has 1 amide bonds. The van der Waals surface area contributed by atoms with Crippen LogP contribution in [0.1, 0.15) is 39.5 Å². The van der Waals surface area contributed by atoms with Gasteiger partial charge in [-0.1, -0.05) is 38.0 Å². The lowest BCUT2D eigenvalue weighted by atomic mass is 10.3. The number of hydrogen-bond donors (Lipinski definition) is 1. The first-order valence-corrected chi connectivity index (χ1v) is 11.1. The van der Waals surface area contributed by atoms with Crippen molar-refractivity contribution >= 4 is 42.6 Å². The maximum atomic E-state index is 13.0. The summed E-state index contributed by atoms with van der Waals surface area (Å²) in [6, 6.07) is 4.20. The van der Waals surface area contributed by atoms with Crippen LogP contribution in [0.15, 0.2) is 23.1 Å². The van der Waals surface area contributed by atoms with Crippen LogP contribution in [0, 0.1) is 0 Å². The number of amides is 1. The summed E-state index contributed by atoms with van der Waals surface area (Å²) in [4.78, 5) is 15.0. The predicted molar refractivity (Wildman–Crippen MR) is 103 cm³/mol. The van der Waals surface area contributed by atoms with E-state index in [1.54, 1.807) is 5.32 Å². The molecular weight excluding hydrogens is 415 g/mol. The summed E-state index contributed by atoms with van der Waals surface area (Å²) in [6.45, 7) is 4.77. The third kappa shape index (κ3) is 5.42. The van der Waals surface area contributed by atoms with Crippen LogP contribution in [0.25, 0.3) is 10.2 Å². The highest BCUT2D eigenvalue weighted by Crippen LogP contribution is 2.30. The molecule has 6 nitrogen and oxygen atoms in total. The van der Waals surface area contributed by atoms with Gasteiger partial charge in [0.1, 0.15) is 0 Å². The summed E-state index contributed by atoms with van der Waals surface area (Å²) in [5.74, 6) is -2.12. The molecule has 156 valence electrons. The molecular formula is C17H22F3N3O3S2. The Kier molecular flexibility index (Phi) is 7.40. The zero-order chi connectivity index (χ0) is 20.9. The lowest BCUT2D eigenvalue weighted by Gasteiger charge is -2.21. The summed E-state index contributed by atoms with van der Waals surface area (Å²) < 4.78 is 65.0. The molecule has 0 bridgehead atoms. The SMILES string of the molecule is CCCCN(CCCC)S(=O)(=O)c1ccc2nc(NC(=O)C(F)(F)F)sc2c1. The van der Waals surface area contributed by atoms with Crippen molar-refractivity contribution in [2.24, 2.45) is 0 Å². The minimum atomic E-state index is -5.02. The number of alkyl halides is 3. The van der Waals surface area contributed by atoms with Crippen LogP contribution in [0.3, 0.4) is 0 Å². The van der Waals surface area contributed by atoms with E-state index in [9.17, 15) is 26.4 Å². The van der Waals surface area contributed by atoms with Crippen molar-refractivity contribution in [2.75, 3.05) is 18.4 Å². The molecule has 0 aliphatic heterocycles. The van der Waals surface area contributed by atoms with Gasteiger partial charge in [-0.2, -0.15) is 17.5 Å². The number of rotatable bonds is 9. The summed E-state index contributed by atoms with van der Waals surface area (Å²) in [5, 5.41) is 1.46. The first kappa shape index (κ1) is 22.6. The number of sulfonamides is 1. The van der Waals surface area contributed by atoms with E-state index in [2.05, 4.69) is 4.98 Å². The van der Waals surface area contributed by atoms with Crippen LogP contribution in [-0.4, -0.2) is 42.9 Å². The number of fused-ring (bicyclic) bond motifs is 1. The summed E-state index contributed by atoms with van der Waals surface area (Å²) in [7, 11) is -3.73. The van der Waals surface area contributed by atoms with Gasteiger partial charge in [0.2, 0.25) is 10.0 Å². The average molecular weight is 438 g/mol. The van der Waals surface area contributed by atoms with Crippen molar-refractivity contribution < 1.29 is 26.4 Å². The second kappa shape index (κ2) is 9.19. The Hall–Kier alpha value is -1.72. The molecule has 1 heterocycles. The monoisotopic (exact) mass is 437 g/mol. The van der Waals surface area contributed by atoms with Crippen molar-refractivity contribution in [3.05, 3.63) is 18.2 Å². The Balaban J connectivity index is 2.31. The maximum absolute atomic E-state index is 13.0. The molecule has 0 radical (unpaired) electrons. The van der Waals surface area contributed by atoms with Crippen LogP contribution in [0.5, 0.6) is 0 Å². The molecule has 2 rings (SSSR count). The Labute approximate surface area is 165 Å². The van der Waals surface area contributed by atoms with Gasteiger partial charge in [0.05, 0.1) is 15.1 Å². The lowest BCUT2D eigenvalue weighted by molar-refractivity contribution is -0.167. The van der Waals surface area contributed by atoms with Crippen LogP contribution < -0.4 is 5.32 Å². The van der Waals surface area contributed by atoms with Gasteiger partial charge in [0.25, 0.3) is 0 Å². The zero-order valence-electron chi connectivity index (χ0n) is 15.5. The van der Waals surface area contributed by atoms with E-state index in [1.165, 1.54) is 22.5 Å². The van der Waals surface area contributed by atoms with Crippen molar-refractivity contribution in [1.29, 1.82) is 0 Å². The number of benzene rings is 1. The third-order valence-electron chi connectivity index (χ3n) is 4.00. The van der Waals surface area contributed by atoms with E-state index in [0.717, 1.165) is 37.0 Å². The number of anilines is 1. The molecule has 1 aromatic heterocycles. The standard InChI is InChI=1S/C17H22F3N3O3S2/c1-3-5-9-23(10-6-4-2)28(25,26)12-7-8-13-14(11-12)27-16(21-13)22-15(24)17(18,19)20/h7-8,11H,3-6,9-10H2,1-2H3,(H,21,22,24). The molecule has 28 heavy (non-hydrogen) atoms. The summed E-state index contributed by atoms with van der Waals surface area (Å²) >= 11 is 0.793. The summed E-state index contributed by atoms with van der Waals surface area (Å²) in [6.07, 6.45) is -1.84. The van der Waals surface area contributed by atoms with Crippen molar-refractivity contribution in [3.8, 4) is 0 Å². The smallest absolute Gasteiger partial charge is 0.294 e. The first-order valence-electron chi connectivity index (χ1n) is 8.88. The molecule has 0 saturated heterocycles. The second-order valence-corrected chi connectivity index (χ2v) is 9.18. The van der Waals surface area contributed by atoms with E-state index in [4.69, 9.17) is 0 Å². The van der Waals surface area contributed by atoms with Crippen LogP contribution in [0.2, 0.25) is 0 Å². The fourth-order valence-electron chi connectivity index (χ4n) is 2.46. The second-order valence-electron chi connectivity index (χ2n) is 6.21. The van der Waals surface area contributed by atoms with Gasteiger partial charge >= 0.3 is 12.1 Å².